The molecule has 0 amide bonds. The monoisotopic (exact) mass is 506 g/mol. The molecule has 0 bridgehead atoms. The average Bonchev–Trinajstić information content (AvgIpc) is 2.56. The van der Waals surface area contributed by atoms with Crippen molar-refractivity contribution in [2.75, 3.05) is 0 Å². The summed E-state index contributed by atoms with van der Waals surface area (Å²) in [6.07, 6.45) is 0. The van der Waals surface area contributed by atoms with Crippen molar-refractivity contribution >= 4 is 21.2 Å². The standard InChI is InChI=1S/C9H15PSi.5CO.W/c1-8-5-6-9(10-7-8)11(2,3)4;5*1-2;/h5-7H,1-4H3;;;;;;. The summed E-state index contributed by atoms with van der Waals surface area (Å²) in [6.45, 7) is 31.8. The number of hydrogen-bond acceptors (Lipinski definition) is 0. The minimum Gasteiger partial charge on any atom is 0 e. The molecule has 0 aliphatic heterocycles. The smallest absolute Gasteiger partial charge is 0 e. The van der Waals surface area contributed by atoms with Crippen LogP contribution in [0.15, 0.2) is 17.9 Å². The molecule has 0 N–H and O–H groups in total. The van der Waals surface area contributed by atoms with Crippen molar-refractivity contribution in [2.24, 2.45) is 0 Å². The molecule has 1 heterocycles. The molecule has 0 unspecified atom stereocenters. The molecule has 0 atom stereocenters. The van der Waals surface area contributed by atoms with Gasteiger partial charge in [-0.15, -0.1) is 0 Å². The van der Waals surface area contributed by atoms with Gasteiger partial charge in [0.05, 0.1) is 8.07 Å². The Morgan fingerprint density at radius 1 is 0.773 bits per heavy atom. The van der Waals surface area contributed by atoms with Gasteiger partial charge >= 0.3 is 56.5 Å². The fourth-order valence-electron chi connectivity index (χ4n) is 0.911. The molecule has 1 aromatic rings. The molecule has 0 saturated heterocycles. The van der Waals surface area contributed by atoms with E-state index in [9.17, 15) is 0 Å². The Hall–Kier alpha value is -0.745. The van der Waals surface area contributed by atoms with Gasteiger partial charge in [-0.2, -0.15) is 0 Å². The Labute approximate surface area is 148 Å². The van der Waals surface area contributed by atoms with Crippen LogP contribution >= 0.6 is 8.19 Å². The fraction of sp³-hybridized carbons (Fsp3) is 0.286. The topological polar surface area (TPSA) is 99.5 Å². The number of rotatable bonds is 1. The second-order valence-corrected chi connectivity index (χ2v) is 10.4. The zero-order valence-electron chi connectivity index (χ0n) is 12.6. The van der Waals surface area contributed by atoms with Crippen molar-refractivity contribution in [3.05, 3.63) is 56.7 Å². The van der Waals surface area contributed by atoms with E-state index in [-0.39, 0.29) is 21.1 Å². The molecule has 0 fully saturated rings. The van der Waals surface area contributed by atoms with Crippen molar-refractivity contribution < 1.29 is 44.3 Å². The van der Waals surface area contributed by atoms with E-state index in [1.165, 1.54) is 13.8 Å². The zero-order chi connectivity index (χ0) is 18.5. The predicted molar refractivity (Wildman–Crippen MR) is 76.3 cm³/mol. The van der Waals surface area contributed by atoms with Crippen LogP contribution in [0, 0.1) is 40.2 Å². The molecule has 0 aliphatic carbocycles. The predicted octanol–water partition coefficient (Wildman–Crippen LogP) is 2.93. The third-order valence-electron chi connectivity index (χ3n) is 1.68. The maximum absolute atomic E-state index is 7.50. The molecular weight excluding hydrogens is 491 g/mol. The van der Waals surface area contributed by atoms with E-state index < -0.39 is 8.07 Å². The number of hydrogen-bond donors (Lipinski definition) is 0. The molecular formula is C14H15O5PSiW. The Morgan fingerprint density at radius 2 is 1.09 bits per heavy atom. The van der Waals surface area contributed by atoms with Gasteiger partial charge in [-0.05, 0) is 23.2 Å². The van der Waals surface area contributed by atoms with Crippen LogP contribution in [0.1, 0.15) is 5.56 Å². The van der Waals surface area contributed by atoms with Gasteiger partial charge < -0.3 is 0 Å². The first-order valence-electron chi connectivity index (χ1n) is 4.95. The molecule has 0 spiro atoms. The van der Waals surface area contributed by atoms with Gasteiger partial charge in [-0.1, -0.05) is 40.0 Å². The molecule has 1 rings (SSSR count). The van der Waals surface area contributed by atoms with Gasteiger partial charge in [0.2, 0.25) is 0 Å². The third kappa shape index (κ3) is 27.6. The Morgan fingerprint density at radius 3 is 1.27 bits per heavy atom. The van der Waals surface area contributed by atoms with Gasteiger partial charge in [-0.3, -0.25) is 0 Å². The molecule has 116 valence electrons. The van der Waals surface area contributed by atoms with E-state index in [4.69, 9.17) is 23.3 Å². The maximum atomic E-state index is 7.50. The van der Waals surface area contributed by atoms with Crippen LogP contribution in [0.25, 0.3) is 0 Å². The first-order chi connectivity index (χ1) is 10.00. The van der Waals surface area contributed by atoms with Crippen molar-refractivity contribution in [3.63, 3.8) is 0 Å². The minimum absolute atomic E-state index is 0. The van der Waals surface area contributed by atoms with Crippen LogP contribution < -0.4 is 4.92 Å². The molecule has 22 heavy (non-hydrogen) atoms. The van der Waals surface area contributed by atoms with E-state index in [1.807, 2.05) is 0 Å². The van der Waals surface area contributed by atoms with E-state index >= 15 is 0 Å². The normalized spacial score (nSPS) is 6.64. The van der Waals surface area contributed by atoms with Crippen LogP contribution in [0.5, 0.6) is 0 Å². The minimum atomic E-state index is -1.01. The van der Waals surface area contributed by atoms with E-state index in [2.05, 4.69) is 77.7 Å². The second-order valence-electron chi connectivity index (χ2n) is 3.97. The molecule has 0 aromatic carbocycles. The number of aryl methyl sites for hydroxylation is 1. The fourth-order valence-corrected chi connectivity index (χ4v) is 3.83. The molecule has 0 saturated carbocycles. The van der Waals surface area contributed by atoms with Crippen LogP contribution in [0.2, 0.25) is 19.6 Å². The molecule has 8 heteroatoms. The van der Waals surface area contributed by atoms with Crippen LogP contribution in [0.3, 0.4) is 0 Å². The largest absolute Gasteiger partial charge is 0 e. The van der Waals surface area contributed by atoms with Crippen molar-refractivity contribution in [1.82, 2.24) is 0 Å². The zero-order valence-corrected chi connectivity index (χ0v) is 17.5. The average molecular weight is 506 g/mol. The summed E-state index contributed by atoms with van der Waals surface area (Å²) in [5.74, 6) is 2.30. The Balaban J connectivity index is -0.0000000500. The van der Waals surface area contributed by atoms with Crippen LogP contribution in [-0.2, 0) is 44.3 Å². The van der Waals surface area contributed by atoms with Crippen molar-refractivity contribution in [3.8, 4) is 0 Å². The molecule has 1 aromatic heterocycles. The maximum Gasteiger partial charge on any atom is 0 e. The summed E-state index contributed by atoms with van der Waals surface area (Å²) in [4.78, 5) is 1.64. The summed E-state index contributed by atoms with van der Waals surface area (Å²) >= 11 is 0. The van der Waals surface area contributed by atoms with E-state index in [0.29, 0.717) is 0 Å². The van der Waals surface area contributed by atoms with E-state index in [1.54, 1.807) is 4.92 Å². The van der Waals surface area contributed by atoms with Crippen LogP contribution in [0.4, 0.5) is 0 Å². The SMILES string of the molecule is Cc1ccc([Si](C)(C)C)pc1.[C-]#[O+].[C-]#[O+].[C-]#[O+].[C-]#[O+].[C-]#[O+].[W]. The summed E-state index contributed by atoms with van der Waals surface area (Å²) < 4.78 is 37.5. The Bertz CT molecular complexity index is 395. The van der Waals surface area contributed by atoms with E-state index in [0.717, 1.165) is 0 Å². The summed E-state index contributed by atoms with van der Waals surface area (Å²) in [6, 6.07) is 4.53. The quantitative estimate of drug-likeness (QED) is 0.318. The first kappa shape index (κ1) is 37.5. The first-order valence-corrected chi connectivity index (χ1v) is 9.42. The van der Waals surface area contributed by atoms with Crippen LogP contribution in [-0.4, -0.2) is 8.07 Å². The summed E-state index contributed by atoms with van der Waals surface area (Å²) in [7, 11) is 0.418. The van der Waals surface area contributed by atoms with Gasteiger partial charge in [0.25, 0.3) is 0 Å². The Kier molecular flexibility index (Phi) is 55.0. The molecule has 0 aliphatic rings. The van der Waals surface area contributed by atoms with Crippen molar-refractivity contribution in [1.29, 1.82) is 0 Å². The molecule has 5 nitrogen and oxygen atoms in total. The van der Waals surface area contributed by atoms with Gasteiger partial charge in [0, 0.05) is 21.1 Å². The summed E-state index contributed by atoms with van der Waals surface area (Å²) in [5, 5.41) is 0. The summed E-state index contributed by atoms with van der Waals surface area (Å²) in [5.41, 5.74) is 1.40. The van der Waals surface area contributed by atoms with Gasteiger partial charge in [-0.25, -0.2) is 0 Å². The van der Waals surface area contributed by atoms with Gasteiger partial charge in [0.15, 0.2) is 0 Å². The third-order valence-corrected chi connectivity index (χ3v) is 6.75. The second kappa shape index (κ2) is 32.3. The van der Waals surface area contributed by atoms with Gasteiger partial charge in [0.1, 0.15) is 0 Å². The molecule has 0 radical (unpaired) electrons. The van der Waals surface area contributed by atoms with Crippen molar-refractivity contribution in [2.45, 2.75) is 26.6 Å².